The first-order valence-electron chi connectivity index (χ1n) is 8.67. The lowest BCUT2D eigenvalue weighted by Gasteiger charge is -2.21. The first-order valence-corrected chi connectivity index (χ1v) is 8.67. The number of hydrogen-bond acceptors (Lipinski definition) is 3. The van der Waals surface area contributed by atoms with E-state index in [0.717, 1.165) is 23.4 Å². The predicted molar refractivity (Wildman–Crippen MR) is 96.2 cm³/mol. The van der Waals surface area contributed by atoms with Gasteiger partial charge in [0, 0.05) is 43.5 Å². The number of carbonyl (C=O) groups excluding carboxylic acids is 1. The van der Waals surface area contributed by atoms with Crippen LogP contribution in [0.15, 0.2) is 36.4 Å². The Bertz CT molecular complexity index is 766. The third-order valence-electron chi connectivity index (χ3n) is 5.44. The van der Waals surface area contributed by atoms with Crippen molar-refractivity contribution in [2.75, 3.05) is 12.4 Å². The van der Waals surface area contributed by atoms with Crippen LogP contribution in [-0.4, -0.2) is 35.6 Å². The van der Waals surface area contributed by atoms with Crippen molar-refractivity contribution in [1.82, 2.24) is 15.2 Å². The minimum absolute atomic E-state index is 0.0186. The third kappa shape index (κ3) is 2.49. The average Bonchev–Trinajstić information content (AvgIpc) is 3.30. The van der Waals surface area contributed by atoms with E-state index in [4.69, 9.17) is 0 Å². The molecule has 1 aromatic carbocycles. The molecule has 126 valence electrons. The maximum absolute atomic E-state index is 12.7. The highest BCUT2D eigenvalue weighted by atomic mass is 16.2. The fourth-order valence-corrected chi connectivity index (χ4v) is 4.16. The number of nitrogens with one attached hydrogen (secondary N) is 3. The second-order valence-corrected chi connectivity index (χ2v) is 6.82. The van der Waals surface area contributed by atoms with Crippen LogP contribution in [0, 0.1) is 0 Å². The summed E-state index contributed by atoms with van der Waals surface area (Å²) in [7, 11) is 3.87. The molecular weight excluding hydrogens is 300 g/mol. The maximum atomic E-state index is 12.7. The van der Waals surface area contributed by atoms with Crippen molar-refractivity contribution in [3.05, 3.63) is 42.1 Å². The van der Waals surface area contributed by atoms with Crippen LogP contribution in [0.2, 0.25) is 0 Å². The van der Waals surface area contributed by atoms with Crippen molar-refractivity contribution in [3.8, 4) is 11.3 Å². The maximum Gasteiger partial charge on any atom is 0.268 e. The highest BCUT2D eigenvalue weighted by Crippen LogP contribution is 2.30. The van der Waals surface area contributed by atoms with Gasteiger partial charge in [-0.3, -0.25) is 4.79 Å². The quantitative estimate of drug-likeness (QED) is 0.809. The number of para-hydroxylation sites is 1. The molecule has 3 N–H and O–H groups in total. The van der Waals surface area contributed by atoms with Gasteiger partial charge in [-0.1, -0.05) is 18.2 Å². The van der Waals surface area contributed by atoms with Gasteiger partial charge in [-0.2, -0.15) is 0 Å². The molecule has 2 aromatic rings. The zero-order chi connectivity index (χ0) is 16.7. The smallest absolute Gasteiger partial charge is 0.268 e. The van der Waals surface area contributed by atoms with E-state index < -0.39 is 0 Å². The molecule has 1 aromatic heterocycles. The molecule has 0 saturated carbocycles. The lowest BCUT2D eigenvalue weighted by atomic mass is 9.95. The molecule has 5 heteroatoms. The summed E-state index contributed by atoms with van der Waals surface area (Å²) in [5.74, 6) is 0.0186. The number of benzene rings is 1. The fraction of sp³-hybridized carbons (Fsp3) is 0.421. The molecule has 0 unspecified atom stereocenters. The summed E-state index contributed by atoms with van der Waals surface area (Å²) in [6.45, 7) is 0. The lowest BCUT2D eigenvalue weighted by Crippen LogP contribution is -2.43. The summed E-state index contributed by atoms with van der Waals surface area (Å²) in [4.78, 5) is 12.7. The number of anilines is 1. The van der Waals surface area contributed by atoms with E-state index in [9.17, 15) is 4.79 Å². The van der Waals surface area contributed by atoms with Crippen LogP contribution in [0.1, 0.15) is 29.8 Å². The minimum Gasteiger partial charge on any atom is -0.388 e. The van der Waals surface area contributed by atoms with Crippen molar-refractivity contribution in [2.24, 2.45) is 7.05 Å². The zero-order valence-corrected chi connectivity index (χ0v) is 14.2. The van der Waals surface area contributed by atoms with Gasteiger partial charge in [0.15, 0.2) is 0 Å². The molecule has 2 bridgehead atoms. The SMILES string of the molecule is CNc1ccccc1-c1ccc(C(=O)N[C@@H]2C[C@H]3CC[C@@H]2N3)n1C. The highest BCUT2D eigenvalue weighted by Gasteiger charge is 2.39. The van der Waals surface area contributed by atoms with Gasteiger partial charge in [-0.15, -0.1) is 0 Å². The molecule has 0 aliphatic carbocycles. The van der Waals surface area contributed by atoms with Crippen molar-refractivity contribution in [3.63, 3.8) is 0 Å². The van der Waals surface area contributed by atoms with Crippen molar-refractivity contribution >= 4 is 11.6 Å². The number of fused-ring (bicyclic) bond motifs is 2. The average molecular weight is 324 g/mol. The third-order valence-corrected chi connectivity index (χ3v) is 5.44. The van der Waals surface area contributed by atoms with E-state index in [2.05, 4.69) is 22.0 Å². The molecule has 3 atom stereocenters. The van der Waals surface area contributed by atoms with Crippen LogP contribution in [0.4, 0.5) is 5.69 Å². The minimum atomic E-state index is 0.0186. The summed E-state index contributed by atoms with van der Waals surface area (Å²) in [5.41, 5.74) is 3.90. The Hall–Kier alpha value is -2.27. The normalized spacial score (nSPS) is 25.0. The van der Waals surface area contributed by atoms with Crippen molar-refractivity contribution in [1.29, 1.82) is 0 Å². The van der Waals surface area contributed by atoms with Crippen LogP contribution in [0.3, 0.4) is 0 Å². The Labute approximate surface area is 142 Å². The monoisotopic (exact) mass is 324 g/mol. The van der Waals surface area contributed by atoms with E-state index in [1.807, 2.05) is 49.0 Å². The Balaban J connectivity index is 1.57. The Morgan fingerprint density at radius 1 is 1.21 bits per heavy atom. The van der Waals surface area contributed by atoms with E-state index in [0.29, 0.717) is 17.8 Å². The van der Waals surface area contributed by atoms with Gasteiger partial charge in [-0.05, 0) is 37.5 Å². The molecule has 4 rings (SSSR count). The summed E-state index contributed by atoms with van der Waals surface area (Å²) in [5, 5.41) is 10.0. The molecule has 0 radical (unpaired) electrons. The van der Waals surface area contributed by atoms with E-state index >= 15 is 0 Å². The molecule has 0 spiro atoms. The van der Waals surface area contributed by atoms with Gasteiger partial charge in [0.2, 0.25) is 0 Å². The van der Waals surface area contributed by atoms with Crippen molar-refractivity contribution < 1.29 is 4.79 Å². The summed E-state index contributed by atoms with van der Waals surface area (Å²) in [6.07, 6.45) is 3.46. The Morgan fingerprint density at radius 2 is 2.04 bits per heavy atom. The molecule has 5 nitrogen and oxygen atoms in total. The summed E-state index contributed by atoms with van der Waals surface area (Å²) >= 11 is 0. The molecule has 2 fully saturated rings. The number of carbonyl (C=O) groups is 1. The summed E-state index contributed by atoms with van der Waals surface area (Å²) < 4.78 is 1.98. The molecular formula is C19H24N4O. The number of aromatic nitrogens is 1. The number of nitrogens with zero attached hydrogens (tertiary/aromatic N) is 1. The molecule has 1 amide bonds. The molecule has 2 aliphatic heterocycles. The van der Waals surface area contributed by atoms with Crippen LogP contribution in [-0.2, 0) is 7.05 Å². The number of hydrogen-bond donors (Lipinski definition) is 3. The molecule has 2 aliphatic rings. The van der Waals surface area contributed by atoms with Crippen LogP contribution in [0.5, 0.6) is 0 Å². The zero-order valence-electron chi connectivity index (χ0n) is 14.2. The largest absolute Gasteiger partial charge is 0.388 e. The lowest BCUT2D eigenvalue weighted by molar-refractivity contribution is 0.0923. The molecule has 24 heavy (non-hydrogen) atoms. The van der Waals surface area contributed by atoms with Gasteiger partial charge in [0.25, 0.3) is 5.91 Å². The number of rotatable bonds is 4. The Kier molecular flexibility index (Phi) is 3.81. The van der Waals surface area contributed by atoms with E-state index in [1.54, 1.807) is 0 Å². The van der Waals surface area contributed by atoms with Crippen LogP contribution >= 0.6 is 0 Å². The van der Waals surface area contributed by atoms with Gasteiger partial charge in [-0.25, -0.2) is 0 Å². The fourth-order valence-electron chi connectivity index (χ4n) is 4.16. The summed E-state index contributed by atoms with van der Waals surface area (Å²) in [6, 6.07) is 13.4. The Morgan fingerprint density at radius 3 is 2.75 bits per heavy atom. The number of amides is 1. The van der Waals surface area contributed by atoms with E-state index in [-0.39, 0.29) is 11.9 Å². The molecule has 2 saturated heterocycles. The predicted octanol–water partition coefficient (Wildman–Crippen LogP) is 2.36. The van der Waals surface area contributed by atoms with Gasteiger partial charge < -0.3 is 20.5 Å². The first-order chi connectivity index (χ1) is 11.7. The van der Waals surface area contributed by atoms with Gasteiger partial charge >= 0.3 is 0 Å². The highest BCUT2D eigenvalue weighted by molar-refractivity contribution is 5.94. The van der Waals surface area contributed by atoms with Crippen LogP contribution < -0.4 is 16.0 Å². The van der Waals surface area contributed by atoms with Crippen LogP contribution in [0.25, 0.3) is 11.3 Å². The first kappa shape index (κ1) is 15.3. The van der Waals surface area contributed by atoms with Gasteiger partial charge in [0.1, 0.15) is 5.69 Å². The second kappa shape index (κ2) is 5.98. The van der Waals surface area contributed by atoms with Crippen molar-refractivity contribution in [2.45, 2.75) is 37.4 Å². The molecule has 3 heterocycles. The standard InChI is InChI=1S/C19H24N4O/c1-20-14-6-4-3-5-13(14)17-9-10-18(23(17)2)19(24)22-16-11-12-7-8-15(16)21-12/h3-6,9-10,12,15-16,20-21H,7-8,11H2,1-2H3,(H,22,24)/t12-,15+,16-/m1/s1. The van der Waals surface area contributed by atoms with E-state index in [1.165, 1.54) is 12.8 Å². The topological polar surface area (TPSA) is 58.1 Å². The second-order valence-electron chi connectivity index (χ2n) is 6.82. The van der Waals surface area contributed by atoms with Gasteiger partial charge in [0.05, 0.1) is 5.69 Å².